The van der Waals surface area contributed by atoms with Crippen molar-refractivity contribution in [3.8, 4) is 0 Å². The van der Waals surface area contributed by atoms with Gasteiger partial charge in [-0.1, -0.05) is 68.4 Å². The number of rotatable bonds is 14. The van der Waals surface area contributed by atoms with Crippen molar-refractivity contribution < 1.29 is 9.90 Å². The van der Waals surface area contributed by atoms with E-state index in [1.54, 1.807) is 0 Å². The minimum absolute atomic E-state index is 0.0626. The summed E-state index contributed by atoms with van der Waals surface area (Å²) in [4.78, 5) is 10.4. The zero-order valence-corrected chi connectivity index (χ0v) is 14.5. The van der Waals surface area contributed by atoms with Crippen LogP contribution in [0.5, 0.6) is 0 Å². The van der Waals surface area contributed by atoms with Crippen LogP contribution in [0, 0.1) is 0 Å². The summed E-state index contributed by atoms with van der Waals surface area (Å²) in [6, 6.07) is -0.0626. The lowest BCUT2D eigenvalue weighted by Gasteiger charge is -2.03. The predicted molar refractivity (Wildman–Crippen MR) is 99.4 cm³/mol. The van der Waals surface area contributed by atoms with Crippen LogP contribution in [0.1, 0.15) is 64.7 Å². The van der Waals surface area contributed by atoms with Crippen molar-refractivity contribution in [1.82, 2.24) is 0 Å². The van der Waals surface area contributed by atoms with E-state index in [0.717, 1.165) is 12.8 Å². The Morgan fingerprint density at radius 1 is 1.00 bits per heavy atom. The molecule has 0 spiro atoms. The van der Waals surface area contributed by atoms with E-state index < -0.39 is 5.97 Å². The molecule has 130 valence electrons. The topological polar surface area (TPSA) is 63.3 Å². The molecule has 1 atom stereocenters. The van der Waals surface area contributed by atoms with E-state index in [1.165, 1.54) is 25.7 Å². The molecule has 0 bridgehead atoms. The van der Waals surface area contributed by atoms with E-state index in [4.69, 9.17) is 10.8 Å². The molecule has 0 amide bonds. The molecule has 0 aromatic heterocycles. The summed E-state index contributed by atoms with van der Waals surface area (Å²) in [6.07, 6.45) is 25.3. The lowest BCUT2D eigenvalue weighted by molar-refractivity contribution is -0.137. The monoisotopic (exact) mass is 319 g/mol. The minimum atomic E-state index is -0.760. The Kier molecular flexibility index (Phi) is 15.6. The Morgan fingerprint density at radius 3 is 2.39 bits per heavy atom. The predicted octanol–water partition coefficient (Wildman–Crippen LogP) is 5.15. The Balaban J connectivity index is 3.59. The molecule has 0 saturated carbocycles. The average Bonchev–Trinajstić information content (AvgIpc) is 2.51. The van der Waals surface area contributed by atoms with Gasteiger partial charge < -0.3 is 10.8 Å². The van der Waals surface area contributed by atoms with Crippen LogP contribution in [0.3, 0.4) is 0 Å². The third kappa shape index (κ3) is 18.3. The van der Waals surface area contributed by atoms with Gasteiger partial charge in [0.25, 0.3) is 0 Å². The Morgan fingerprint density at radius 2 is 1.70 bits per heavy atom. The fourth-order valence-electron chi connectivity index (χ4n) is 2.03. The zero-order chi connectivity index (χ0) is 17.2. The van der Waals surface area contributed by atoms with Crippen molar-refractivity contribution in [2.75, 3.05) is 0 Å². The van der Waals surface area contributed by atoms with Gasteiger partial charge in [-0.3, -0.25) is 4.79 Å². The largest absolute Gasteiger partial charge is 0.481 e. The van der Waals surface area contributed by atoms with Gasteiger partial charge in [0.05, 0.1) is 0 Å². The first-order valence-corrected chi connectivity index (χ1v) is 8.77. The minimum Gasteiger partial charge on any atom is -0.481 e. The molecule has 0 unspecified atom stereocenters. The highest BCUT2D eigenvalue weighted by Crippen LogP contribution is 2.01. The number of aliphatic carboxylic acids is 1. The first kappa shape index (κ1) is 21.4. The van der Waals surface area contributed by atoms with Crippen LogP contribution in [0.2, 0.25) is 0 Å². The zero-order valence-electron chi connectivity index (χ0n) is 14.5. The van der Waals surface area contributed by atoms with Crippen LogP contribution >= 0.6 is 0 Å². The molecule has 3 nitrogen and oxygen atoms in total. The molecule has 0 aliphatic rings. The fourth-order valence-corrected chi connectivity index (χ4v) is 2.03. The molecule has 0 rings (SSSR count). The van der Waals surface area contributed by atoms with Gasteiger partial charge in [-0.25, -0.2) is 0 Å². The highest BCUT2D eigenvalue weighted by molar-refractivity contribution is 5.66. The molecule has 3 heteroatoms. The maximum atomic E-state index is 10.4. The van der Waals surface area contributed by atoms with Crippen LogP contribution in [0.4, 0.5) is 0 Å². The van der Waals surface area contributed by atoms with Crippen LogP contribution in [0.25, 0.3) is 0 Å². The third-order valence-corrected chi connectivity index (χ3v) is 3.39. The van der Waals surface area contributed by atoms with E-state index in [0.29, 0.717) is 12.8 Å². The summed E-state index contributed by atoms with van der Waals surface area (Å²) >= 11 is 0. The maximum Gasteiger partial charge on any atom is 0.303 e. The summed E-state index contributed by atoms with van der Waals surface area (Å²) in [7, 11) is 0. The molecule has 0 heterocycles. The van der Waals surface area contributed by atoms with Crippen molar-refractivity contribution in [3.05, 3.63) is 48.6 Å². The molecular weight excluding hydrogens is 286 g/mol. The molecule has 0 aromatic rings. The van der Waals surface area contributed by atoms with E-state index in [2.05, 4.69) is 37.3 Å². The number of unbranched alkanes of at least 4 members (excludes halogenated alkanes) is 3. The molecule has 0 saturated heterocycles. The van der Waals surface area contributed by atoms with Crippen molar-refractivity contribution in [3.63, 3.8) is 0 Å². The van der Waals surface area contributed by atoms with Gasteiger partial charge in [-0.2, -0.15) is 0 Å². The molecule has 0 aliphatic heterocycles. The molecule has 0 fully saturated rings. The second-order valence-electron chi connectivity index (χ2n) is 5.67. The van der Waals surface area contributed by atoms with Crippen molar-refractivity contribution in [2.24, 2.45) is 5.73 Å². The van der Waals surface area contributed by atoms with Crippen LogP contribution in [-0.2, 0) is 4.79 Å². The Hall–Kier alpha value is -1.61. The number of nitrogens with two attached hydrogens (primary N) is 1. The fraction of sp³-hybridized carbons (Fsp3) is 0.550. The van der Waals surface area contributed by atoms with Crippen molar-refractivity contribution >= 4 is 5.97 Å². The lowest BCUT2D eigenvalue weighted by Crippen LogP contribution is -2.16. The Bertz CT molecular complexity index is 394. The smallest absolute Gasteiger partial charge is 0.303 e. The van der Waals surface area contributed by atoms with Gasteiger partial charge in [0, 0.05) is 12.5 Å². The lowest BCUT2D eigenvalue weighted by atomic mass is 10.1. The van der Waals surface area contributed by atoms with Crippen molar-refractivity contribution in [2.45, 2.75) is 70.8 Å². The van der Waals surface area contributed by atoms with Crippen LogP contribution in [-0.4, -0.2) is 17.1 Å². The highest BCUT2D eigenvalue weighted by Gasteiger charge is 2.00. The maximum absolute atomic E-state index is 10.4. The first-order chi connectivity index (χ1) is 11.2. The second-order valence-corrected chi connectivity index (χ2v) is 5.67. The molecule has 0 aliphatic carbocycles. The van der Waals surface area contributed by atoms with E-state index >= 15 is 0 Å². The number of carboxylic acids is 1. The standard InChI is InChI=1S/C20H33NO2/c1-2-3-4-5-6-7-8-9-10-11-12-13-14-16-19(21)17-15-18-20(22)23/h6-7,9-10,12-14,16,19H,2-5,8,11,15,17-18,21H2,1H3,(H,22,23)/b7-6-,10-9-,13-12-,16-14+/t19-/m0/s1. The van der Waals surface area contributed by atoms with E-state index in [9.17, 15) is 4.79 Å². The molecule has 3 N–H and O–H groups in total. The molecule has 23 heavy (non-hydrogen) atoms. The summed E-state index contributed by atoms with van der Waals surface area (Å²) < 4.78 is 0. The van der Waals surface area contributed by atoms with Gasteiger partial charge in [0.2, 0.25) is 0 Å². The van der Waals surface area contributed by atoms with E-state index in [-0.39, 0.29) is 12.5 Å². The van der Waals surface area contributed by atoms with Gasteiger partial charge in [-0.15, -0.1) is 0 Å². The summed E-state index contributed by atoms with van der Waals surface area (Å²) in [5.41, 5.74) is 5.86. The normalized spacial score (nSPS) is 13.8. The second kappa shape index (κ2) is 16.8. The van der Waals surface area contributed by atoms with Gasteiger partial charge in [-0.05, 0) is 38.5 Å². The number of allylic oxidation sites excluding steroid dienone is 7. The first-order valence-electron chi connectivity index (χ1n) is 8.77. The van der Waals surface area contributed by atoms with E-state index in [1.807, 2.05) is 18.2 Å². The van der Waals surface area contributed by atoms with Crippen LogP contribution < -0.4 is 5.73 Å². The highest BCUT2D eigenvalue weighted by atomic mass is 16.4. The molecule has 0 aromatic carbocycles. The third-order valence-electron chi connectivity index (χ3n) is 3.39. The SMILES string of the molecule is CCCCC/C=C\C/C=C\C/C=C\C=C\[C@H](N)CCCC(=O)O. The molecule has 0 radical (unpaired) electrons. The van der Waals surface area contributed by atoms with Crippen molar-refractivity contribution in [1.29, 1.82) is 0 Å². The Labute approximate surface area is 141 Å². The number of carbonyl (C=O) groups is 1. The van der Waals surface area contributed by atoms with Gasteiger partial charge in [0.15, 0.2) is 0 Å². The molecular formula is C20H33NO2. The average molecular weight is 319 g/mol. The summed E-state index contributed by atoms with van der Waals surface area (Å²) in [6.45, 7) is 2.22. The van der Waals surface area contributed by atoms with Gasteiger partial charge >= 0.3 is 5.97 Å². The number of hydrogen-bond donors (Lipinski definition) is 2. The van der Waals surface area contributed by atoms with Crippen LogP contribution in [0.15, 0.2) is 48.6 Å². The quantitative estimate of drug-likeness (QED) is 0.264. The number of hydrogen-bond acceptors (Lipinski definition) is 2. The summed E-state index contributed by atoms with van der Waals surface area (Å²) in [5.74, 6) is -0.760. The number of carboxylic acid groups (broad SMARTS) is 1. The summed E-state index contributed by atoms with van der Waals surface area (Å²) in [5, 5.41) is 8.54. The van der Waals surface area contributed by atoms with Gasteiger partial charge in [0.1, 0.15) is 0 Å².